The van der Waals surface area contributed by atoms with E-state index < -0.39 is 10.8 Å². The minimum atomic E-state index is -0.702. The fourth-order valence-corrected chi connectivity index (χ4v) is 21.0. The molecule has 0 bridgehead atoms. The molecular formula is C104H58N4. The summed E-state index contributed by atoms with van der Waals surface area (Å²) in [6, 6.07) is 128. The van der Waals surface area contributed by atoms with Crippen LogP contribution in [0.25, 0.3) is 198 Å². The number of fused-ring (bicyclic) bond motifs is 40. The maximum atomic E-state index is 5.86. The molecule has 4 heteroatoms. The topological polar surface area (TPSA) is 51.6 Å². The van der Waals surface area contributed by atoms with Gasteiger partial charge in [-0.25, -0.2) is 9.97 Å². The van der Waals surface area contributed by atoms with Crippen molar-refractivity contribution < 1.29 is 0 Å². The average Bonchev–Trinajstić information content (AvgIpc) is 1.49. The summed E-state index contributed by atoms with van der Waals surface area (Å²) < 4.78 is 0. The second-order valence-corrected chi connectivity index (χ2v) is 29.9. The van der Waals surface area contributed by atoms with Crippen LogP contribution in [-0.2, 0) is 10.8 Å². The maximum absolute atomic E-state index is 5.86. The van der Waals surface area contributed by atoms with Crippen LogP contribution in [0.15, 0.2) is 352 Å². The first-order chi connectivity index (χ1) is 53.6. The third kappa shape index (κ3) is 7.38. The molecule has 0 saturated heterocycles. The summed E-state index contributed by atoms with van der Waals surface area (Å²) in [6.45, 7) is 0. The standard InChI is InChI=1S/C104H58N4/c1-7-31-74-65(22-1)68-25-4-12-36-79(68)98-93(74)85-57-82(59-41-43-60(44-42-59)91-51-48-62-46-45-61-21-19-53-105-99(61)100(62)107-91)69-26-5-9-33-76(69)95(85)104(98)89-40-18-15-30-73(89)83-55-63(47-50-90(83)104)81-56-64-49-52-92(108-101(64)102-80(81)37-20-54-106-102)84-58-86-94-75-32-8-2-23-66(75)67-24-3-11-35-78(67)97(94)103(96(86)77-34-10-6-27-70(77)84)87-38-16-13-28-71(87)72-29-14-17-39-88(72)103/h1-58H. The molecule has 1 atom stereocenters. The van der Waals surface area contributed by atoms with Gasteiger partial charge in [-0.3, -0.25) is 9.97 Å². The first kappa shape index (κ1) is 58.3. The minimum Gasteiger partial charge on any atom is -0.254 e. The van der Waals surface area contributed by atoms with Crippen LogP contribution in [0.1, 0.15) is 44.5 Å². The quantitative estimate of drug-likeness (QED) is 0.165. The molecule has 0 amide bonds. The van der Waals surface area contributed by atoms with Crippen LogP contribution in [0.4, 0.5) is 0 Å². The van der Waals surface area contributed by atoms with Crippen LogP contribution in [0, 0.1) is 0 Å². The van der Waals surface area contributed by atoms with E-state index in [4.69, 9.17) is 19.9 Å². The molecule has 0 fully saturated rings. The number of rotatable bonds is 4. The van der Waals surface area contributed by atoms with E-state index in [9.17, 15) is 0 Å². The number of benzene rings is 17. The molecule has 0 saturated carbocycles. The lowest BCUT2D eigenvalue weighted by Crippen LogP contribution is -2.26. The summed E-state index contributed by atoms with van der Waals surface area (Å²) in [6.07, 6.45) is 3.79. The normalized spacial score (nSPS) is 14.6. The molecule has 494 valence electrons. The molecular weight excluding hydrogens is 1310 g/mol. The Labute approximate surface area is 620 Å². The Balaban J connectivity index is 0.680. The second kappa shape index (κ2) is 21.3. The fourth-order valence-electron chi connectivity index (χ4n) is 21.0. The van der Waals surface area contributed by atoms with E-state index in [2.05, 4.69) is 334 Å². The van der Waals surface area contributed by atoms with Gasteiger partial charge in [0.1, 0.15) is 0 Å². The Kier molecular flexibility index (Phi) is 11.5. The van der Waals surface area contributed by atoms with E-state index in [1.165, 1.54) is 159 Å². The fraction of sp³-hybridized carbons (Fsp3) is 0.0192. The lowest BCUT2D eigenvalue weighted by Gasteiger charge is -2.33. The first-order valence-corrected chi connectivity index (χ1v) is 37.5. The zero-order valence-corrected chi connectivity index (χ0v) is 58.3. The van der Waals surface area contributed by atoms with Gasteiger partial charge in [0.05, 0.1) is 44.3 Å². The Morgan fingerprint density at radius 3 is 1.16 bits per heavy atom. The van der Waals surface area contributed by atoms with Crippen LogP contribution in [-0.4, -0.2) is 19.9 Å². The molecule has 108 heavy (non-hydrogen) atoms. The van der Waals surface area contributed by atoms with Crippen molar-refractivity contribution in [3.8, 4) is 89.3 Å². The smallest absolute Gasteiger partial charge is 0.0972 e. The minimum absolute atomic E-state index is 0.593. The van der Waals surface area contributed by atoms with Gasteiger partial charge in [-0.1, -0.05) is 291 Å². The van der Waals surface area contributed by atoms with Crippen molar-refractivity contribution in [2.24, 2.45) is 0 Å². The van der Waals surface area contributed by atoms with Gasteiger partial charge in [-0.05, 0) is 224 Å². The number of aromatic nitrogens is 4. The summed E-state index contributed by atoms with van der Waals surface area (Å²) in [7, 11) is 0. The third-order valence-corrected chi connectivity index (χ3v) is 25.1. The van der Waals surface area contributed by atoms with E-state index >= 15 is 0 Å². The highest BCUT2D eigenvalue weighted by Crippen LogP contribution is 2.70. The van der Waals surface area contributed by atoms with Gasteiger partial charge in [0.2, 0.25) is 0 Å². The van der Waals surface area contributed by atoms with Gasteiger partial charge in [0, 0.05) is 45.1 Å². The van der Waals surface area contributed by atoms with Crippen molar-refractivity contribution in [1.29, 1.82) is 0 Å². The number of pyridine rings is 4. The SMILES string of the molecule is c1ccc2c(c1)-c1cc(-c3cc4ccc(-c5cc6c(c7ccccc57)C5(c7ccccc7-c7ccccc75)c5c-6c6ccccc6c6ccccc56)nc4c4ncccc34)ccc1C21c2c(cc(-c3ccc(-c4ccc5ccc6cccnc6c5n4)cc3)c3ccccc23)-c2c1c1ccccc1c1ccccc21. The van der Waals surface area contributed by atoms with Gasteiger partial charge in [-0.2, -0.15) is 0 Å². The Morgan fingerprint density at radius 1 is 0.185 bits per heavy atom. The van der Waals surface area contributed by atoms with E-state index in [1.54, 1.807) is 0 Å². The van der Waals surface area contributed by atoms with Crippen molar-refractivity contribution in [1.82, 2.24) is 19.9 Å². The predicted octanol–water partition coefficient (Wildman–Crippen LogP) is 26.2. The molecule has 25 rings (SSSR count). The molecule has 0 N–H and O–H groups in total. The molecule has 4 aliphatic rings. The maximum Gasteiger partial charge on any atom is 0.0972 e. The zero-order valence-electron chi connectivity index (χ0n) is 58.3. The van der Waals surface area contributed by atoms with E-state index in [-0.39, 0.29) is 0 Å². The third-order valence-electron chi connectivity index (χ3n) is 25.1. The average molecular weight is 1360 g/mol. The molecule has 0 aliphatic heterocycles. The highest BCUT2D eigenvalue weighted by atomic mass is 14.8. The molecule has 2 spiro atoms. The molecule has 21 aromatic rings. The van der Waals surface area contributed by atoms with Gasteiger partial charge in [0.25, 0.3) is 0 Å². The van der Waals surface area contributed by atoms with Gasteiger partial charge in [-0.15, -0.1) is 0 Å². The van der Waals surface area contributed by atoms with E-state index in [1.807, 2.05) is 18.5 Å². The summed E-state index contributed by atoms with van der Waals surface area (Å²) in [5.41, 5.74) is 31.6. The molecule has 4 nitrogen and oxygen atoms in total. The van der Waals surface area contributed by atoms with Crippen LogP contribution < -0.4 is 0 Å². The van der Waals surface area contributed by atoms with E-state index in [0.29, 0.717) is 0 Å². The van der Waals surface area contributed by atoms with Gasteiger partial charge in [0.15, 0.2) is 0 Å². The number of hydrogen-bond acceptors (Lipinski definition) is 4. The molecule has 4 heterocycles. The zero-order chi connectivity index (χ0) is 70.2. The lowest BCUT2D eigenvalue weighted by molar-refractivity contribution is 0.809. The van der Waals surface area contributed by atoms with E-state index in [0.717, 1.165) is 82.8 Å². The highest BCUT2D eigenvalue weighted by Gasteiger charge is 2.56. The largest absolute Gasteiger partial charge is 0.254 e. The summed E-state index contributed by atoms with van der Waals surface area (Å²) in [5.74, 6) is 0. The predicted molar refractivity (Wildman–Crippen MR) is 447 cm³/mol. The molecule has 1 unspecified atom stereocenters. The molecule has 4 aromatic heterocycles. The van der Waals surface area contributed by atoms with Crippen LogP contribution in [0.5, 0.6) is 0 Å². The van der Waals surface area contributed by atoms with Crippen LogP contribution in [0.3, 0.4) is 0 Å². The Hall–Kier alpha value is -14.1. The van der Waals surface area contributed by atoms with Gasteiger partial charge < -0.3 is 0 Å². The number of nitrogens with zero attached hydrogens (tertiary/aromatic N) is 4. The first-order valence-electron chi connectivity index (χ1n) is 37.5. The highest BCUT2D eigenvalue weighted by molar-refractivity contribution is 6.25. The monoisotopic (exact) mass is 1360 g/mol. The van der Waals surface area contributed by atoms with Crippen molar-refractivity contribution in [2.75, 3.05) is 0 Å². The van der Waals surface area contributed by atoms with Crippen molar-refractivity contribution in [3.05, 3.63) is 397 Å². The van der Waals surface area contributed by atoms with Crippen molar-refractivity contribution >= 4 is 108 Å². The lowest BCUT2D eigenvalue weighted by atomic mass is 9.67. The second-order valence-electron chi connectivity index (χ2n) is 29.9. The van der Waals surface area contributed by atoms with Crippen molar-refractivity contribution in [2.45, 2.75) is 10.8 Å². The molecule has 4 aliphatic carbocycles. The summed E-state index contributed by atoms with van der Waals surface area (Å²) >= 11 is 0. The summed E-state index contributed by atoms with van der Waals surface area (Å²) in [5, 5.41) is 19.2. The Bertz CT molecular complexity index is 7650. The van der Waals surface area contributed by atoms with Gasteiger partial charge >= 0.3 is 0 Å². The summed E-state index contributed by atoms with van der Waals surface area (Å²) in [4.78, 5) is 21.2. The van der Waals surface area contributed by atoms with Crippen LogP contribution >= 0.6 is 0 Å². The van der Waals surface area contributed by atoms with Crippen LogP contribution in [0.2, 0.25) is 0 Å². The number of hydrogen-bond donors (Lipinski definition) is 0. The molecule has 17 aromatic carbocycles. The molecule has 0 radical (unpaired) electrons. The Morgan fingerprint density at radius 2 is 0.565 bits per heavy atom. The van der Waals surface area contributed by atoms with Crippen molar-refractivity contribution in [3.63, 3.8) is 0 Å².